The molecule has 2 saturated heterocycles. The molecule has 2 fully saturated rings. The Morgan fingerprint density at radius 1 is 0.538 bits per heavy atom. The van der Waals surface area contributed by atoms with Gasteiger partial charge in [-0.3, -0.25) is 19.2 Å². The van der Waals surface area contributed by atoms with E-state index in [0.29, 0.717) is 13.2 Å². The molecule has 0 radical (unpaired) electrons. The molecule has 0 aromatic carbocycles. The molecule has 2 aliphatic heterocycles. The number of aliphatic hydroxyl groups excluding tert-OH is 1. The van der Waals surface area contributed by atoms with E-state index in [1.165, 1.54) is 27.9 Å². The molecular formula is C37H64O15. The largest absolute Gasteiger partial charge is 0.463 e. The van der Waals surface area contributed by atoms with Crippen LogP contribution in [0.4, 0.5) is 0 Å². The van der Waals surface area contributed by atoms with Crippen LogP contribution in [0.1, 0.15) is 119 Å². The molecule has 1 N–H and O–H groups in total. The highest BCUT2D eigenvalue weighted by atomic mass is 16.8. The molecule has 0 aromatic heterocycles. The third-order valence-electron chi connectivity index (χ3n) is 8.85. The maximum Gasteiger partial charge on any atom is 0.303 e. The summed E-state index contributed by atoms with van der Waals surface area (Å²) in [7, 11) is 1.30. The van der Waals surface area contributed by atoms with E-state index >= 15 is 0 Å². The van der Waals surface area contributed by atoms with Crippen molar-refractivity contribution < 1.29 is 71.7 Å². The first-order chi connectivity index (χ1) is 24.9. The SMILES string of the molecule is CCCCCCCCO[C@H]1[C@@H](OCCCCCCCC)[C@@H](COC(C)=O)O[C@@H](O[C@H]2[C@H](O)[C@@H](OC(C)=O)[C@H](OC)O[C@@H]2COC(C)=O)[C@@H]1OC(C)=O. The number of carbonyl (C=O) groups is 4. The third-order valence-corrected chi connectivity index (χ3v) is 8.85. The fourth-order valence-electron chi connectivity index (χ4n) is 6.29. The second kappa shape index (κ2) is 25.6. The molecule has 302 valence electrons. The molecule has 0 saturated carbocycles. The molecule has 10 atom stereocenters. The van der Waals surface area contributed by atoms with Crippen molar-refractivity contribution in [3.8, 4) is 0 Å². The molecule has 15 nitrogen and oxygen atoms in total. The Balaban J connectivity index is 2.47. The lowest BCUT2D eigenvalue weighted by Gasteiger charge is -2.48. The normalized spacial score (nSPS) is 28.9. The molecule has 2 rings (SSSR count). The maximum absolute atomic E-state index is 12.6. The smallest absolute Gasteiger partial charge is 0.303 e. The minimum Gasteiger partial charge on any atom is -0.463 e. The first kappa shape index (κ1) is 45.8. The van der Waals surface area contributed by atoms with E-state index in [4.69, 9.17) is 47.4 Å². The average molecular weight is 749 g/mol. The summed E-state index contributed by atoms with van der Waals surface area (Å²) in [6, 6.07) is 0. The number of aliphatic hydroxyl groups is 1. The Labute approximate surface area is 308 Å². The Bertz CT molecular complexity index is 1040. The molecule has 15 heteroatoms. The Morgan fingerprint density at radius 3 is 1.46 bits per heavy atom. The zero-order valence-corrected chi connectivity index (χ0v) is 32.2. The van der Waals surface area contributed by atoms with Gasteiger partial charge in [-0.2, -0.15) is 0 Å². The first-order valence-electron chi connectivity index (χ1n) is 18.9. The zero-order chi connectivity index (χ0) is 38.5. The second-order valence-corrected chi connectivity index (χ2v) is 13.4. The van der Waals surface area contributed by atoms with E-state index in [9.17, 15) is 24.3 Å². The van der Waals surface area contributed by atoms with Crippen molar-refractivity contribution in [3.05, 3.63) is 0 Å². The summed E-state index contributed by atoms with van der Waals surface area (Å²) in [4.78, 5) is 48.4. The van der Waals surface area contributed by atoms with Gasteiger partial charge in [0.25, 0.3) is 0 Å². The van der Waals surface area contributed by atoms with Gasteiger partial charge in [0.05, 0.1) is 0 Å². The highest BCUT2D eigenvalue weighted by molar-refractivity contribution is 5.67. The quantitative estimate of drug-likeness (QED) is 0.0792. The van der Waals surface area contributed by atoms with Crippen LogP contribution in [0.5, 0.6) is 0 Å². The van der Waals surface area contributed by atoms with E-state index in [-0.39, 0.29) is 13.2 Å². The molecule has 0 aliphatic carbocycles. The molecule has 2 heterocycles. The van der Waals surface area contributed by atoms with Crippen molar-refractivity contribution in [2.75, 3.05) is 33.5 Å². The number of hydrogen-bond acceptors (Lipinski definition) is 15. The van der Waals surface area contributed by atoms with Crippen LogP contribution in [0.15, 0.2) is 0 Å². The molecule has 0 unspecified atom stereocenters. The number of rotatable bonds is 25. The lowest BCUT2D eigenvalue weighted by atomic mass is 9.96. The Hall–Kier alpha value is -2.40. The number of esters is 4. The highest BCUT2D eigenvalue weighted by Crippen LogP contribution is 2.34. The van der Waals surface area contributed by atoms with Crippen LogP contribution >= 0.6 is 0 Å². The van der Waals surface area contributed by atoms with E-state index in [0.717, 1.165) is 84.0 Å². The third kappa shape index (κ3) is 16.3. The lowest BCUT2D eigenvalue weighted by Crippen LogP contribution is -2.66. The van der Waals surface area contributed by atoms with E-state index in [1.807, 2.05) is 0 Å². The predicted molar refractivity (Wildman–Crippen MR) is 186 cm³/mol. The van der Waals surface area contributed by atoms with Gasteiger partial charge in [0.2, 0.25) is 0 Å². The number of ether oxygens (including phenoxy) is 10. The maximum atomic E-state index is 12.6. The van der Waals surface area contributed by atoms with Gasteiger partial charge in [0, 0.05) is 48.0 Å². The molecule has 0 aromatic rings. The van der Waals surface area contributed by atoms with Crippen molar-refractivity contribution in [3.63, 3.8) is 0 Å². The number of methoxy groups -OCH3 is 1. The van der Waals surface area contributed by atoms with Crippen LogP contribution in [-0.2, 0) is 66.5 Å². The van der Waals surface area contributed by atoms with Gasteiger partial charge >= 0.3 is 23.9 Å². The average Bonchev–Trinajstić information content (AvgIpc) is 3.08. The van der Waals surface area contributed by atoms with Gasteiger partial charge in [0.1, 0.15) is 49.8 Å². The van der Waals surface area contributed by atoms with Crippen molar-refractivity contribution in [2.24, 2.45) is 0 Å². The summed E-state index contributed by atoms with van der Waals surface area (Å²) in [5.74, 6) is -2.53. The number of unbranched alkanes of at least 4 members (excludes halogenated alkanes) is 10. The monoisotopic (exact) mass is 748 g/mol. The molecule has 52 heavy (non-hydrogen) atoms. The van der Waals surface area contributed by atoms with Gasteiger partial charge in [-0.15, -0.1) is 0 Å². The van der Waals surface area contributed by atoms with E-state index < -0.39 is 85.3 Å². The van der Waals surface area contributed by atoms with Gasteiger partial charge in [-0.25, -0.2) is 0 Å². The first-order valence-corrected chi connectivity index (χ1v) is 18.9. The van der Waals surface area contributed by atoms with Crippen LogP contribution in [0.2, 0.25) is 0 Å². The van der Waals surface area contributed by atoms with Crippen LogP contribution in [0.3, 0.4) is 0 Å². The van der Waals surface area contributed by atoms with Crippen molar-refractivity contribution >= 4 is 23.9 Å². The minimum atomic E-state index is -1.58. The summed E-state index contributed by atoms with van der Waals surface area (Å²) >= 11 is 0. The summed E-state index contributed by atoms with van der Waals surface area (Å²) in [6.45, 7) is 9.27. The minimum absolute atomic E-state index is 0.234. The van der Waals surface area contributed by atoms with Crippen molar-refractivity contribution in [1.82, 2.24) is 0 Å². The van der Waals surface area contributed by atoms with Gasteiger partial charge in [-0.1, -0.05) is 78.1 Å². The van der Waals surface area contributed by atoms with Crippen LogP contribution in [-0.4, -0.2) is 124 Å². The number of hydrogen-bond donors (Lipinski definition) is 1. The fraction of sp³-hybridized carbons (Fsp3) is 0.892. The topological polar surface area (TPSA) is 181 Å². The molecule has 2 aliphatic rings. The van der Waals surface area contributed by atoms with Crippen LogP contribution in [0.25, 0.3) is 0 Å². The zero-order valence-electron chi connectivity index (χ0n) is 32.2. The summed E-state index contributed by atoms with van der Waals surface area (Å²) in [5.41, 5.74) is 0. The van der Waals surface area contributed by atoms with E-state index in [1.54, 1.807) is 0 Å². The fourth-order valence-corrected chi connectivity index (χ4v) is 6.29. The van der Waals surface area contributed by atoms with Gasteiger partial charge in [0.15, 0.2) is 24.8 Å². The molecule has 0 bridgehead atoms. The summed E-state index contributed by atoms with van der Waals surface area (Å²) in [5, 5.41) is 11.6. The number of carbonyl (C=O) groups excluding carboxylic acids is 4. The van der Waals surface area contributed by atoms with Gasteiger partial charge in [-0.05, 0) is 12.8 Å². The molecule has 0 spiro atoms. The summed E-state index contributed by atoms with van der Waals surface area (Å²) in [6.07, 6.45) is 0.278. The second-order valence-electron chi connectivity index (χ2n) is 13.4. The standard InChI is InChI=1S/C37H64O15/c1-8-10-12-14-16-18-20-44-32-29(23-47-25(4)39)51-37(35(49-27(6)41)34(32)45-21-19-17-15-13-11-9-2)52-31-28(22-46-24(3)38)50-36(43-7)33(30(31)42)48-26(5)40/h28-37,42H,8-23H2,1-7H3/t28-,29-,30+,31-,32+,33-,34+,35-,36-,37+/m1/s1. The summed E-state index contributed by atoms with van der Waals surface area (Å²) < 4.78 is 58.7. The predicted octanol–water partition coefficient (Wildman–Crippen LogP) is 4.31. The van der Waals surface area contributed by atoms with Crippen molar-refractivity contribution in [2.45, 2.75) is 180 Å². The molecular weight excluding hydrogens is 684 g/mol. The Kier molecular flexibility index (Phi) is 22.5. The van der Waals surface area contributed by atoms with Gasteiger partial charge < -0.3 is 52.5 Å². The van der Waals surface area contributed by atoms with E-state index in [2.05, 4.69) is 13.8 Å². The van der Waals surface area contributed by atoms with Crippen LogP contribution < -0.4 is 0 Å². The lowest BCUT2D eigenvalue weighted by molar-refractivity contribution is -0.362. The van der Waals surface area contributed by atoms with Crippen molar-refractivity contribution in [1.29, 1.82) is 0 Å². The Morgan fingerprint density at radius 2 is 0.981 bits per heavy atom. The highest BCUT2D eigenvalue weighted by Gasteiger charge is 2.55. The van der Waals surface area contributed by atoms with Crippen LogP contribution in [0, 0.1) is 0 Å². The molecule has 0 amide bonds.